The molecular weight excluding hydrogens is 186 g/mol. The summed E-state index contributed by atoms with van der Waals surface area (Å²) in [6.07, 6.45) is 2.62. The van der Waals surface area contributed by atoms with Gasteiger partial charge in [-0.1, -0.05) is 12.1 Å². The van der Waals surface area contributed by atoms with Gasteiger partial charge in [0.2, 0.25) is 0 Å². The fourth-order valence-corrected chi connectivity index (χ4v) is 1.48. The van der Waals surface area contributed by atoms with E-state index in [0.717, 1.165) is 29.4 Å². The van der Waals surface area contributed by atoms with Crippen molar-refractivity contribution in [2.75, 3.05) is 6.61 Å². The van der Waals surface area contributed by atoms with Gasteiger partial charge in [-0.05, 0) is 49.8 Å². The Morgan fingerprint density at radius 1 is 1.47 bits per heavy atom. The summed E-state index contributed by atoms with van der Waals surface area (Å²) in [7, 11) is 0. The molecule has 1 N–H and O–H groups in total. The summed E-state index contributed by atoms with van der Waals surface area (Å²) >= 11 is 0. The molecule has 0 amide bonds. The van der Waals surface area contributed by atoms with Crippen molar-refractivity contribution in [3.63, 3.8) is 0 Å². The summed E-state index contributed by atoms with van der Waals surface area (Å²) in [5.41, 5.74) is 2.69. The molecule has 0 unspecified atom stereocenters. The Morgan fingerprint density at radius 2 is 2.20 bits per heavy atom. The average molecular weight is 203 g/mol. The zero-order valence-electron chi connectivity index (χ0n) is 9.34. The Balaban J connectivity index is 2.12. The highest BCUT2D eigenvalue weighted by molar-refractivity contribution is 5.96. The van der Waals surface area contributed by atoms with Crippen LogP contribution in [0.5, 0.6) is 5.75 Å². The lowest BCUT2D eigenvalue weighted by Crippen LogP contribution is -2.02. The molecule has 0 atom stereocenters. The Bertz CT molecular complexity index is 380. The van der Waals surface area contributed by atoms with Gasteiger partial charge in [0.1, 0.15) is 5.75 Å². The lowest BCUT2D eigenvalue weighted by atomic mass is 10.1. The van der Waals surface area contributed by atoms with Crippen molar-refractivity contribution in [3.8, 4) is 5.75 Å². The zero-order chi connectivity index (χ0) is 10.8. The first-order valence-corrected chi connectivity index (χ1v) is 5.46. The maximum atomic E-state index is 7.58. The minimum Gasteiger partial charge on any atom is -0.493 e. The quantitative estimate of drug-likeness (QED) is 0.749. The molecule has 0 aliphatic heterocycles. The van der Waals surface area contributed by atoms with Crippen LogP contribution in [0.25, 0.3) is 0 Å². The molecular formula is C13H17NO. The van der Waals surface area contributed by atoms with Gasteiger partial charge >= 0.3 is 0 Å². The number of benzene rings is 1. The van der Waals surface area contributed by atoms with Gasteiger partial charge in [-0.25, -0.2) is 0 Å². The number of aryl methyl sites for hydroxylation is 1. The van der Waals surface area contributed by atoms with E-state index in [4.69, 9.17) is 10.1 Å². The molecule has 0 bridgehead atoms. The Morgan fingerprint density at radius 3 is 2.80 bits per heavy atom. The fourth-order valence-electron chi connectivity index (χ4n) is 1.48. The van der Waals surface area contributed by atoms with Crippen LogP contribution < -0.4 is 4.74 Å². The molecule has 0 heterocycles. The van der Waals surface area contributed by atoms with Gasteiger partial charge < -0.3 is 10.1 Å². The SMILES string of the molecule is CC(=N)c1ccc(C)c(OCC2CC2)c1. The average Bonchev–Trinajstić information content (AvgIpc) is 3.00. The topological polar surface area (TPSA) is 33.1 Å². The first-order chi connectivity index (χ1) is 7.16. The lowest BCUT2D eigenvalue weighted by Gasteiger charge is -2.10. The molecule has 1 saturated carbocycles. The van der Waals surface area contributed by atoms with E-state index in [0.29, 0.717) is 5.71 Å². The van der Waals surface area contributed by atoms with Gasteiger partial charge in [0, 0.05) is 5.71 Å². The summed E-state index contributed by atoms with van der Waals surface area (Å²) in [5, 5.41) is 7.58. The molecule has 2 nitrogen and oxygen atoms in total. The molecule has 1 aromatic carbocycles. The third kappa shape index (κ3) is 2.58. The van der Waals surface area contributed by atoms with Crippen molar-refractivity contribution in [1.82, 2.24) is 0 Å². The first kappa shape index (κ1) is 10.2. The number of nitrogens with one attached hydrogen (secondary N) is 1. The molecule has 0 spiro atoms. The molecule has 0 aromatic heterocycles. The van der Waals surface area contributed by atoms with Crippen LogP contribution in [-0.4, -0.2) is 12.3 Å². The predicted octanol–water partition coefficient (Wildman–Crippen LogP) is 3.17. The van der Waals surface area contributed by atoms with Crippen LogP contribution in [0.3, 0.4) is 0 Å². The van der Waals surface area contributed by atoms with Crippen LogP contribution in [0.1, 0.15) is 30.9 Å². The number of hydrogen-bond donors (Lipinski definition) is 1. The summed E-state index contributed by atoms with van der Waals surface area (Å²) in [6, 6.07) is 5.97. The predicted molar refractivity (Wildman–Crippen MR) is 61.9 cm³/mol. The second kappa shape index (κ2) is 4.05. The van der Waals surface area contributed by atoms with Crippen molar-refractivity contribution >= 4 is 5.71 Å². The molecule has 0 saturated heterocycles. The fraction of sp³-hybridized carbons (Fsp3) is 0.462. The van der Waals surface area contributed by atoms with E-state index in [2.05, 4.69) is 0 Å². The Labute approximate surface area is 90.8 Å². The molecule has 0 radical (unpaired) electrons. The van der Waals surface area contributed by atoms with Crippen molar-refractivity contribution in [2.24, 2.45) is 5.92 Å². The van der Waals surface area contributed by atoms with Crippen LogP contribution in [0.15, 0.2) is 18.2 Å². The van der Waals surface area contributed by atoms with Gasteiger partial charge in [0.15, 0.2) is 0 Å². The van der Waals surface area contributed by atoms with Crippen molar-refractivity contribution < 1.29 is 4.74 Å². The second-order valence-electron chi connectivity index (χ2n) is 4.36. The van der Waals surface area contributed by atoms with Crippen molar-refractivity contribution in [3.05, 3.63) is 29.3 Å². The van der Waals surface area contributed by atoms with Gasteiger partial charge in [-0.3, -0.25) is 0 Å². The maximum absolute atomic E-state index is 7.58. The number of hydrogen-bond acceptors (Lipinski definition) is 2. The smallest absolute Gasteiger partial charge is 0.122 e. The van der Waals surface area contributed by atoms with Gasteiger partial charge in [-0.15, -0.1) is 0 Å². The van der Waals surface area contributed by atoms with E-state index in [9.17, 15) is 0 Å². The first-order valence-electron chi connectivity index (χ1n) is 5.46. The van der Waals surface area contributed by atoms with E-state index in [1.54, 1.807) is 6.92 Å². The van der Waals surface area contributed by atoms with E-state index < -0.39 is 0 Å². The van der Waals surface area contributed by atoms with E-state index in [-0.39, 0.29) is 0 Å². The van der Waals surface area contributed by atoms with Crippen molar-refractivity contribution in [2.45, 2.75) is 26.7 Å². The summed E-state index contributed by atoms with van der Waals surface area (Å²) in [5.74, 6) is 1.71. The zero-order valence-corrected chi connectivity index (χ0v) is 9.34. The van der Waals surface area contributed by atoms with Gasteiger partial charge in [-0.2, -0.15) is 0 Å². The monoisotopic (exact) mass is 203 g/mol. The summed E-state index contributed by atoms with van der Waals surface area (Å²) in [4.78, 5) is 0. The molecule has 15 heavy (non-hydrogen) atoms. The highest BCUT2D eigenvalue weighted by Gasteiger charge is 2.22. The molecule has 1 aliphatic carbocycles. The van der Waals surface area contributed by atoms with Gasteiger partial charge in [0.05, 0.1) is 6.61 Å². The van der Waals surface area contributed by atoms with E-state index >= 15 is 0 Å². The number of rotatable bonds is 4. The molecule has 2 heteroatoms. The van der Waals surface area contributed by atoms with Crippen LogP contribution in [-0.2, 0) is 0 Å². The minimum atomic E-state index is 0.589. The Hall–Kier alpha value is -1.31. The largest absolute Gasteiger partial charge is 0.493 e. The molecule has 1 fully saturated rings. The standard InChI is InChI=1S/C13H17NO/c1-9-3-6-12(10(2)14)7-13(9)15-8-11-4-5-11/h3,6-7,11,14H,4-5,8H2,1-2H3. The van der Waals surface area contributed by atoms with Crippen molar-refractivity contribution in [1.29, 1.82) is 5.41 Å². The van der Waals surface area contributed by atoms with E-state index in [1.807, 2.05) is 25.1 Å². The third-order valence-corrected chi connectivity index (χ3v) is 2.79. The maximum Gasteiger partial charge on any atom is 0.122 e. The molecule has 1 aliphatic rings. The number of ether oxygens (including phenoxy) is 1. The Kier molecular flexibility index (Phi) is 2.76. The second-order valence-corrected chi connectivity index (χ2v) is 4.36. The van der Waals surface area contributed by atoms with Gasteiger partial charge in [0.25, 0.3) is 0 Å². The normalized spacial score (nSPS) is 15.1. The minimum absolute atomic E-state index is 0.589. The highest BCUT2D eigenvalue weighted by atomic mass is 16.5. The van der Waals surface area contributed by atoms with E-state index in [1.165, 1.54) is 12.8 Å². The summed E-state index contributed by atoms with van der Waals surface area (Å²) < 4.78 is 5.75. The molecule has 2 rings (SSSR count). The van der Waals surface area contributed by atoms with Crippen LogP contribution in [0.4, 0.5) is 0 Å². The highest BCUT2D eigenvalue weighted by Crippen LogP contribution is 2.30. The van der Waals surface area contributed by atoms with Crippen LogP contribution >= 0.6 is 0 Å². The van der Waals surface area contributed by atoms with Crippen LogP contribution in [0, 0.1) is 18.3 Å². The third-order valence-electron chi connectivity index (χ3n) is 2.79. The van der Waals surface area contributed by atoms with Crippen LogP contribution in [0.2, 0.25) is 0 Å². The summed E-state index contributed by atoms with van der Waals surface area (Å²) in [6.45, 7) is 4.68. The molecule has 1 aromatic rings. The lowest BCUT2D eigenvalue weighted by molar-refractivity contribution is 0.298. The molecule has 80 valence electrons.